The summed E-state index contributed by atoms with van der Waals surface area (Å²) in [6.45, 7) is 17.2. The van der Waals surface area contributed by atoms with Gasteiger partial charge >= 0.3 is 24.0 Å². The number of H-pyrrole nitrogens is 1. The monoisotopic (exact) mass is 962 g/mol. The number of carbonyl (C=O) groups is 1. The fourth-order valence-corrected chi connectivity index (χ4v) is 8.24. The maximum Gasteiger partial charge on any atom is 0.417 e. The normalized spacial score (nSPS) is 12.6. The number of hydrogen-bond donors (Lipinski definition) is 3. The molecule has 0 fully saturated rings. The van der Waals surface area contributed by atoms with E-state index in [1.54, 1.807) is 24.7 Å². The Kier molecular flexibility index (Phi) is 15.6. The highest BCUT2D eigenvalue weighted by Gasteiger charge is 2.37. The molecule has 0 amide bonds. The molecule has 352 valence electrons. The van der Waals surface area contributed by atoms with Crippen molar-refractivity contribution in [1.82, 2.24) is 29.2 Å². The lowest BCUT2D eigenvalue weighted by Crippen LogP contribution is -2.43. The van der Waals surface area contributed by atoms with Crippen LogP contribution in [0.25, 0.3) is 33.4 Å². The highest BCUT2D eigenvalue weighted by atomic mass is 32.2. The van der Waals surface area contributed by atoms with Crippen LogP contribution < -0.4 is 21.8 Å². The first-order chi connectivity index (χ1) is 29.3. The Balaban J connectivity index is 0.000000286. The third-order valence-corrected chi connectivity index (χ3v) is 11.5. The van der Waals surface area contributed by atoms with Crippen LogP contribution in [-0.4, -0.2) is 98.8 Å². The first-order valence-corrected chi connectivity index (χ1v) is 28.8. The SMILES string of the molecule is COC(=O)c1cc(-c2cc(C)nn2CCOC[Si](C)(C)C)c(C(F)(F)F)cc1N.Cc1cc(-c2cc3c(=O)n(NS(C)(=O)=O)c(=O)[nH]c3cc2C(F)(F)F)n(CCOC[Si](C)(C)C)n1. The van der Waals surface area contributed by atoms with Gasteiger partial charge in [0.2, 0.25) is 10.0 Å². The molecule has 0 unspecified atom stereocenters. The Labute approximate surface area is 366 Å². The molecule has 5 rings (SSSR count). The number of carbonyl (C=O) groups excluding carboxylic acids is 1. The van der Waals surface area contributed by atoms with Gasteiger partial charge in [-0.2, -0.15) is 41.2 Å². The Morgan fingerprint density at radius 2 is 1.23 bits per heavy atom. The van der Waals surface area contributed by atoms with Crippen LogP contribution in [0.1, 0.15) is 32.9 Å². The summed E-state index contributed by atoms with van der Waals surface area (Å²) < 4.78 is 125. The standard InChI is InChI=1S/C20H26F3N5O5SSi.C19H26F3N3O3Si/c1-12-8-17(27(25-12)6-7-33-11-35(3,4)5)13-9-14-16(10-15(13)20(21,22)23)24-19(30)28(18(14)29)26-34(2,31)32;1-12-8-17(25(24-12)6-7-28-11-29(3,4)5)13-9-14(18(26)27-2)16(23)10-15(13)19(20,21)22/h8-10,26H,6-7,11H2,1-5H3,(H,24,30);8-10H,6-7,11,23H2,1-5H3. The van der Waals surface area contributed by atoms with Gasteiger partial charge in [0.1, 0.15) is 0 Å². The van der Waals surface area contributed by atoms with Crippen molar-refractivity contribution in [2.75, 3.05) is 49.6 Å². The topological polar surface area (TPSA) is 207 Å². The van der Waals surface area contributed by atoms with E-state index >= 15 is 0 Å². The number of hydrogen-bond acceptors (Lipinski definition) is 11. The quantitative estimate of drug-likeness (QED) is 0.0343. The summed E-state index contributed by atoms with van der Waals surface area (Å²) in [7, 11) is -5.76. The number of alkyl halides is 6. The number of nitrogens with one attached hydrogen (secondary N) is 2. The predicted octanol–water partition coefficient (Wildman–Crippen LogP) is 6.42. The van der Waals surface area contributed by atoms with Crippen LogP contribution in [0.2, 0.25) is 39.3 Å². The van der Waals surface area contributed by atoms with Crippen molar-refractivity contribution in [1.29, 1.82) is 0 Å². The molecule has 64 heavy (non-hydrogen) atoms. The number of methoxy groups -OCH3 is 1. The number of aryl methyl sites for hydroxylation is 2. The van der Waals surface area contributed by atoms with E-state index in [4.69, 9.17) is 15.2 Å². The average Bonchev–Trinajstić information content (AvgIpc) is 3.71. The number of halogens is 6. The summed E-state index contributed by atoms with van der Waals surface area (Å²) in [6.07, 6.45) is -7.53. The van der Waals surface area contributed by atoms with Gasteiger partial charge in [-0.1, -0.05) is 39.3 Å². The Bertz CT molecular complexity index is 2740. The van der Waals surface area contributed by atoms with E-state index in [1.165, 1.54) is 15.4 Å². The van der Waals surface area contributed by atoms with Gasteiger partial charge < -0.3 is 24.9 Å². The molecular weight excluding hydrogens is 911 g/mol. The second kappa shape index (κ2) is 19.5. The second-order valence-corrected chi connectivity index (χ2v) is 29.9. The number of ether oxygens (including phenoxy) is 3. The average molecular weight is 963 g/mol. The molecule has 0 aliphatic heterocycles. The minimum Gasteiger partial charge on any atom is -0.465 e. The van der Waals surface area contributed by atoms with Crippen LogP contribution in [0.15, 0.2) is 46.0 Å². The molecule has 4 N–H and O–H groups in total. The van der Waals surface area contributed by atoms with Crippen LogP contribution in [0.4, 0.5) is 32.0 Å². The lowest BCUT2D eigenvalue weighted by molar-refractivity contribution is -0.137. The summed E-state index contributed by atoms with van der Waals surface area (Å²) in [4.78, 5) is 40.9. The molecule has 0 spiro atoms. The molecule has 0 bridgehead atoms. The Morgan fingerprint density at radius 1 is 0.781 bits per heavy atom. The summed E-state index contributed by atoms with van der Waals surface area (Å²) in [5.74, 6) is -0.807. The van der Waals surface area contributed by atoms with Gasteiger partial charge in [0.25, 0.3) is 5.56 Å². The van der Waals surface area contributed by atoms with E-state index < -0.39 is 66.9 Å². The highest BCUT2D eigenvalue weighted by Crippen LogP contribution is 2.41. The summed E-state index contributed by atoms with van der Waals surface area (Å²) in [5.41, 5.74) is 1.31. The van der Waals surface area contributed by atoms with Gasteiger partial charge in [-0.05, 0) is 50.2 Å². The van der Waals surface area contributed by atoms with E-state index in [-0.39, 0.29) is 69.0 Å². The first-order valence-electron chi connectivity index (χ1n) is 19.5. The zero-order valence-corrected chi connectivity index (χ0v) is 39.8. The van der Waals surface area contributed by atoms with E-state index in [0.29, 0.717) is 36.5 Å². The predicted molar refractivity (Wildman–Crippen MR) is 235 cm³/mol. The van der Waals surface area contributed by atoms with E-state index in [9.17, 15) is 49.1 Å². The molecule has 0 saturated carbocycles. The van der Waals surface area contributed by atoms with Crippen LogP contribution in [0, 0.1) is 13.8 Å². The fraction of sp³-hybridized carbons (Fsp3) is 0.462. The van der Waals surface area contributed by atoms with Crippen LogP contribution in [-0.2, 0) is 49.7 Å². The van der Waals surface area contributed by atoms with Crippen molar-refractivity contribution >= 4 is 48.7 Å². The number of esters is 1. The number of sulfonamides is 1. The number of benzene rings is 2. The molecule has 2 aromatic carbocycles. The molecule has 0 atom stereocenters. The summed E-state index contributed by atoms with van der Waals surface area (Å²) in [6, 6.07) is 6.50. The van der Waals surface area contributed by atoms with Crippen molar-refractivity contribution in [3.8, 4) is 22.5 Å². The molecular formula is C39H52F6N8O8SSi2. The van der Waals surface area contributed by atoms with Crippen molar-refractivity contribution in [3.63, 3.8) is 0 Å². The maximum atomic E-state index is 14.0. The smallest absolute Gasteiger partial charge is 0.417 e. The number of anilines is 1. The fourth-order valence-electron chi connectivity index (χ4n) is 6.23. The summed E-state index contributed by atoms with van der Waals surface area (Å²) in [5, 5.41) is 8.25. The molecule has 0 aliphatic carbocycles. The number of aromatic amines is 1. The Morgan fingerprint density at radius 3 is 1.66 bits per heavy atom. The third kappa shape index (κ3) is 13.6. The lowest BCUT2D eigenvalue weighted by Gasteiger charge is -2.18. The molecule has 0 saturated heterocycles. The van der Waals surface area contributed by atoms with Crippen molar-refractivity contribution in [2.45, 2.75) is 78.6 Å². The minimum absolute atomic E-state index is 0.0987. The molecule has 0 aliphatic rings. The number of fused-ring (bicyclic) bond motifs is 1. The zero-order valence-electron chi connectivity index (χ0n) is 37.0. The van der Waals surface area contributed by atoms with Gasteiger partial charge in [-0.25, -0.2) is 22.8 Å². The van der Waals surface area contributed by atoms with Crippen LogP contribution in [0.3, 0.4) is 0 Å². The lowest BCUT2D eigenvalue weighted by atomic mass is 9.98. The van der Waals surface area contributed by atoms with Gasteiger partial charge in [0.15, 0.2) is 0 Å². The van der Waals surface area contributed by atoms with Crippen molar-refractivity contribution in [3.05, 3.63) is 85.3 Å². The third-order valence-electron chi connectivity index (χ3n) is 8.82. The van der Waals surface area contributed by atoms with Crippen LogP contribution in [0.5, 0.6) is 0 Å². The van der Waals surface area contributed by atoms with Gasteiger partial charge in [0, 0.05) is 29.3 Å². The molecule has 25 heteroatoms. The molecule has 16 nitrogen and oxygen atoms in total. The number of aromatic nitrogens is 6. The maximum absolute atomic E-state index is 14.0. The van der Waals surface area contributed by atoms with E-state index in [1.807, 2.05) is 0 Å². The summed E-state index contributed by atoms with van der Waals surface area (Å²) >= 11 is 0. The number of nitrogens with two attached hydrogens (primary N) is 1. The van der Waals surface area contributed by atoms with Crippen molar-refractivity contribution < 1.29 is 53.8 Å². The van der Waals surface area contributed by atoms with Crippen LogP contribution >= 0.6 is 0 Å². The van der Waals surface area contributed by atoms with Gasteiger partial charge in [-0.15, -0.1) is 0 Å². The highest BCUT2D eigenvalue weighted by molar-refractivity contribution is 7.91. The van der Waals surface area contributed by atoms with Gasteiger partial charge in [-0.3, -0.25) is 14.2 Å². The second-order valence-electron chi connectivity index (χ2n) is 17.4. The van der Waals surface area contributed by atoms with E-state index in [2.05, 4.69) is 59.2 Å². The zero-order chi connectivity index (χ0) is 48.3. The number of nitrogens with zero attached hydrogens (tertiary/aromatic N) is 5. The first kappa shape index (κ1) is 51.4. The Hall–Kier alpha value is -5.25. The molecule has 3 heterocycles. The molecule has 3 aromatic heterocycles. The van der Waals surface area contributed by atoms with Gasteiger partial charge in [0.05, 0.1) is 106 Å². The van der Waals surface area contributed by atoms with E-state index in [0.717, 1.165) is 31.6 Å². The minimum atomic E-state index is -4.82. The largest absolute Gasteiger partial charge is 0.465 e. The number of rotatable bonds is 15. The number of nitrogen functional groups attached to an aromatic ring is 1. The molecule has 0 radical (unpaired) electrons. The van der Waals surface area contributed by atoms with Crippen molar-refractivity contribution in [2.24, 2.45) is 0 Å². The molecule has 5 aromatic rings.